The van der Waals surface area contributed by atoms with Crippen molar-refractivity contribution < 1.29 is 4.48 Å². The van der Waals surface area contributed by atoms with Crippen molar-refractivity contribution >= 4 is 8.41 Å². The van der Waals surface area contributed by atoms with Crippen molar-refractivity contribution in [2.24, 2.45) is 0 Å². The Morgan fingerprint density at radius 2 is 0.778 bits per heavy atom. The third-order valence-corrected chi connectivity index (χ3v) is 6.33. The van der Waals surface area contributed by atoms with E-state index < -0.39 is 0 Å². The van der Waals surface area contributed by atoms with E-state index in [2.05, 4.69) is 7.05 Å². The van der Waals surface area contributed by atoms with E-state index in [1.54, 1.807) is 0 Å². The Morgan fingerprint density at radius 3 is 1.00 bits per heavy atom. The molecule has 2 heteroatoms. The van der Waals surface area contributed by atoms with Crippen LogP contribution in [0.5, 0.6) is 0 Å². The highest BCUT2D eigenvalue weighted by molar-refractivity contribution is 5.75. The van der Waals surface area contributed by atoms with Crippen LogP contribution < -0.4 is 0 Å². The second-order valence-electron chi connectivity index (χ2n) is 7.04. The van der Waals surface area contributed by atoms with Crippen LogP contribution in [0, 0.1) is 0 Å². The third-order valence-electron chi connectivity index (χ3n) is 6.33. The fourth-order valence-electron chi connectivity index (χ4n) is 5.28. The fraction of sp³-hybridized carbons (Fsp3) is 1.00. The van der Waals surface area contributed by atoms with Crippen LogP contribution in [0.25, 0.3) is 0 Å². The highest BCUT2D eigenvalue weighted by Crippen LogP contribution is 2.42. The van der Waals surface area contributed by atoms with Gasteiger partial charge in [0.2, 0.25) is 0 Å². The van der Waals surface area contributed by atoms with Crippen molar-refractivity contribution in [2.45, 2.75) is 95.2 Å². The van der Waals surface area contributed by atoms with E-state index in [-0.39, 0.29) is 8.41 Å². The predicted molar refractivity (Wildman–Crippen MR) is 82.9 cm³/mol. The summed E-state index contributed by atoms with van der Waals surface area (Å²) in [5, 5.41) is 0. The first-order valence-corrected chi connectivity index (χ1v) is 8.17. The van der Waals surface area contributed by atoms with Crippen molar-refractivity contribution in [3.05, 3.63) is 0 Å². The Labute approximate surface area is 115 Å². The molecule has 0 spiro atoms. The summed E-state index contributed by atoms with van der Waals surface area (Å²) in [7, 11) is 2.65. The summed E-state index contributed by atoms with van der Waals surface area (Å²) >= 11 is 0. The number of nitrogens with zero attached hydrogens (tertiary/aromatic N) is 1. The zero-order chi connectivity index (χ0) is 11.7. The van der Waals surface area contributed by atoms with Crippen molar-refractivity contribution in [1.82, 2.24) is 0 Å². The third kappa shape index (κ3) is 2.38. The monoisotopic (exact) mass is 250 g/mol. The zero-order valence-electron chi connectivity index (χ0n) is 11.7. The van der Waals surface area contributed by atoms with E-state index in [1.807, 2.05) is 0 Å². The quantitative estimate of drug-likeness (QED) is 0.533. The summed E-state index contributed by atoms with van der Waals surface area (Å²) < 4.78 is 1.50. The minimum absolute atomic E-state index is 0. The standard InChI is InChI=1S/C16H30N.BH3/c1-17(14-8-2-3-9-14,15-10-4-5-11-15)16-12-6-7-13-16;/h14-16H,2-13H2,1H3;1H3/q+1;. The van der Waals surface area contributed by atoms with Gasteiger partial charge in [-0.05, 0) is 77.0 Å². The molecule has 0 radical (unpaired) electrons. The van der Waals surface area contributed by atoms with E-state index in [0.29, 0.717) is 0 Å². The molecule has 0 N–H and O–H groups in total. The second-order valence-corrected chi connectivity index (χ2v) is 7.04. The Hall–Kier alpha value is 0.0249. The first kappa shape index (κ1) is 14.4. The molecule has 0 bridgehead atoms. The first-order chi connectivity index (χ1) is 8.32. The number of rotatable bonds is 3. The zero-order valence-corrected chi connectivity index (χ0v) is 11.7. The van der Waals surface area contributed by atoms with Crippen molar-refractivity contribution in [3.8, 4) is 0 Å². The summed E-state index contributed by atoms with van der Waals surface area (Å²) in [4.78, 5) is 0. The molecule has 0 aromatic rings. The molecule has 3 rings (SSSR count). The molecule has 104 valence electrons. The molecule has 0 atom stereocenters. The molecular formula is C16H33BN+. The van der Waals surface area contributed by atoms with Gasteiger partial charge in [0.25, 0.3) is 0 Å². The van der Waals surface area contributed by atoms with Crippen LogP contribution in [0.3, 0.4) is 0 Å². The van der Waals surface area contributed by atoms with E-state index in [0.717, 1.165) is 18.1 Å². The molecule has 0 aliphatic heterocycles. The average Bonchev–Trinajstić information content (AvgIpc) is 3.10. The van der Waals surface area contributed by atoms with Gasteiger partial charge in [0.1, 0.15) is 0 Å². The summed E-state index contributed by atoms with van der Waals surface area (Å²) in [5.41, 5.74) is 0. The molecule has 0 aromatic heterocycles. The van der Waals surface area contributed by atoms with E-state index in [4.69, 9.17) is 0 Å². The van der Waals surface area contributed by atoms with Crippen LogP contribution in [0.1, 0.15) is 77.0 Å². The average molecular weight is 250 g/mol. The molecule has 0 heterocycles. The van der Waals surface area contributed by atoms with Gasteiger partial charge in [0.05, 0.1) is 33.6 Å². The van der Waals surface area contributed by atoms with Crippen molar-refractivity contribution in [3.63, 3.8) is 0 Å². The normalized spacial score (nSPS) is 27.8. The van der Waals surface area contributed by atoms with Gasteiger partial charge in [-0.15, -0.1) is 0 Å². The molecule has 0 unspecified atom stereocenters. The van der Waals surface area contributed by atoms with Crippen molar-refractivity contribution in [2.75, 3.05) is 7.05 Å². The minimum Gasteiger partial charge on any atom is -0.319 e. The Bertz CT molecular complexity index is 207. The van der Waals surface area contributed by atoms with Gasteiger partial charge in [0.15, 0.2) is 0 Å². The molecule has 3 aliphatic carbocycles. The van der Waals surface area contributed by atoms with E-state index >= 15 is 0 Å². The topological polar surface area (TPSA) is 0 Å². The van der Waals surface area contributed by atoms with Gasteiger partial charge < -0.3 is 4.48 Å². The summed E-state index contributed by atoms with van der Waals surface area (Å²) in [6.07, 6.45) is 18.3. The highest BCUT2D eigenvalue weighted by atomic mass is 15.4. The molecule has 3 fully saturated rings. The second kappa shape index (κ2) is 5.99. The van der Waals surface area contributed by atoms with Crippen LogP contribution >= 0.6 is 0 Å². The predicted octanol–water partition coefficient (Wildman–Crippen LogP) is 3.08. The molecule has 18 heavy (non-hydrogen) atoms. The lowest BCUT2D eigenvalue weighted by atomic mass is 9.98. The lowest BCUT2D eigenvalue weighted by Crippen LogP contribution is -2.62. The SMILES string of the molecule is B.C[N+](C1CCCC1)(C1CCCC1)C1CCCC1. The maximum absolute atomic E-state index is 2.65. The first-order valence-electron chi connectivity index (χ1n) is 8.17. The van der Waals surface area contributed by atoms with Gasteiger partial charge >= 0.3 is 0 Å². The Morgan fingerprint density at radius 1 is 0.556 bits per heavy atom. The van der Waals surface area contributed by atoms with Crippen molar-refractivity contribution in [1.29, 1.82) is 0 Å². The molecule has 0 amide bonds. The van der Waals surface area contributed by atoms with E-state index in [9.17, 15) is 0 Å². The number of hydrogen-bond donors (Lipinski definition) is 0. The molecule has 3 aliphatic rings. The van der Waals surface area contributed by atoms with Gasteiger partial charge in [-0.1, -0.05) is 0 Å². The van der Waals surface area contributed by atoms with Gasteiger partial charge in [0, 0.05) is 0 Å². The van der Waals surface area contributed by atoms with Crippen LogP contribution in [-0.2, 0) is 0 Å². The Kier molecular flexibility index (Phi) is 4.80. The summed E-state index contributed by atoms with van der Waals surface area (Å²) in [6, 6.07) is 3.09. The Balaban J connectivity index is 0.00000120. The van der Waals surface area contributed by atoms with Crippen LogP contribution in [0.2, 0.25) is 0 Å². The summed E-state index contributed by atoms with van der Waals surface area (Å²) in [5.74, 6) is 0. The maximum Gasteiger partial charge on any atom is 0.0892 e. The van der Waals surface area contributed by atoms with Gasteiger partial charge in [-0.3, -0.25) is 0 Å². The molecule has 0 saturated heterocycles. The van der Waals surface area contributed by atoms with Crippen LogP contribution in [0.15, 0.2) is 0 Å². The minimum atomic E-state index is 0. The lowest BCUT2D eigenvalue weighted by molar-refractivity contribution is -0.976. The maximum atomic E-state index is 2.65. The van der Waals surface area contributed by atoms with Gasteiger partial charge in [-0.25, -0.2) is 0 Å². The van der Waals surface area contributed by atoms with Gasteiger partial charge in [-0.2, -0.15) is 0 Å². The van der Waals surface area contributed by atoms with Crippen LogP contribution in [0.4, 0.5) is 0 Å². The largest absolute Gasteiger partial charge is 0.319 e. The molecule has 1 nitrogen and oxygen atoms in total. The van der Waals surface area contributed by atoms with E-state index in [1.165, 1.54) is 81.5 Å². The smallest absolute Gasteiger partial charge is 0.0892 e. The lowest BCUT2D eigenvalue weighted by Gasteiger charge is -2.49. The number of hydrogen-bond acceptors (Lipinski definition) is 0. The fourth-order valence-corrected chi connectivity index (χ4v) is 5.28. The van der Waals surface area contributed by atoms with Crippen LogP contribution in [-0.4, -0.2) is 38.1 Å². The summed E-state index contributed by atoms with van der Waals surface area (Å²) in [6.45, 7) is 0. The molecular weight excluding hydrogens is 217 g/mol. The highest BCUT2D eigenvalue weighted by Gasteiger charge is 2.48. The molecule has 0 aromatic carbocycles. The molecule has 3 saturated carbocycles. The number of quaternary nitrogens is 1.